The second-order valence-electron chi connectivity index (χ2n) is 5.35. The number of nitrogens with two attached hydrogens (primary N) is 1. The maximum Gasteiger partial charge on any atom is 0.235 e. The molecule has 0 fully saturated rings. The average molecular weight is 298 g/mol. The van der Waals surface area contributed by atoms with Crippen LogP contribution in [0.15, 0.2) is 23.1 Å². The number of hydrogen-bond donors (Lipinski definition) is 2. The molecule has 112 valence electrons. The minimum atomic E-state index is -3.72. The number of benzene rings is 1. The van der Waals surface area contributed by atoms with Gasteiger partial charge in [-0.25, -0.2) is 8.42 Å². The molecule has 1 atom stereocenters. The summed E-state index contributed by atoms with van der Waals surface area (Å²) in [7, 11) is -3.72. The van der Waals surface area contributed by atoms with Crippen LogP contribution >= 0.6 is 0 Å². The van der Waals surface area contributed by atoms with E-state index in [4.69, 9.17) is 5.73 Å². The summed E-state index contributed by atoms with van der Waals surface area (Å²) in [6.45, 7) is 7.49. The number of nitrogen functional groups attached to an aromatic ring is 1. The van der Waals surface area contributed by atoms with Crippen molar-refractivity contribution in [2.24, 2.45) is 5.92 Å². The predicted molar refractivity (Wildman–Crippen MR) is 80.1 cm³/mol. The number of hydrogen-bond acceptors (Lipinski definition) is 4. The van der Waals surface area contributed by atoms with E-state index in [1.807, 2.05) is 20.8 Å². The lowest BCUT2D eigenvalue weighted by Gasteiger charge is -2.17. The van der Waals surface area contributed by atoms with Crippen LogP contribution < -0.4 is 11.1 Å². The minimum absolute atomic E-state index is 0.0184. The lowest BCUT2D eigenvalue weighted by atomic mass is 10.1. The molecule has 0 aliphatic carbocycles. The van der Waals surface area contributed by atoms with Gasteiger partial charge in [-0.05, 0) is 31.4 Å². The van der Waals surface area contributed by atoms with Gasteiger partial charge in [0.15, 0.2) is 9.84 Å². The third-order valence-electron chi connectivity index (χ3n) is 3.33. The van der Waals surface area contributed by atoms with Crippen molar-refractivity contribution in [3.05, 3.63) is 23.8 Å². The molecule has 1 unspecified atom stereocenters. The van der Waals surface area contributed by atoms with Crippen LogP contribution in [0, 0.1) is 12.8 Å². The van der Waals surface area contributed by atoms with Crippen molar-refractivity contribution in [2.75, 3.05) is 11.5 Å². The van der Waals surface area contributed by atoms with Gasteiger partial charge < -0.3 is 11.1 Å². The molecule has 0 spiro atoms. The number of nitrogens with one attached hydrogen (secondary N) is 1. The van der Waals surface area contributed by atoms with E-state index >= 15 is 0 Å². The van der Waals surface area contributed by atoms with E-state index in [2.05, 4.69) is 5.32 Å². The molecule has 0 aliphatic rings. The highest BCUT2D eigenvalue weighted by Crippen LogP contribution is 2.22. The zero-order valence-electron chi connectivity index (χ0n) is 12.3. The fraction of sp³-hybridized carbons (Fsp3) is 0.500. The van der Waals surface area contributed by atoms with Crippen molar-refractivity contribution >= 4 is 21.4 Å². The van der Waals surface area contributed by atoms with E-state index in [1.165, 1.54) is 6.07 Å². The van der Waals surface area contributed by atoms with Gasteiger partial charge in [0, 0.05) is 6.04 Å². The topological polar surface area (TPSA) is 89.3 Å². The zero-order chi connectivity index (χ0) is 15.5. The van der Waals surface area contributed by atoms with Gasteiger partial charge in [0.2, 0.25) is 5.91 Å². The molecular formula is C14H22N2O3S. The Morgan fingerprint density at radius 1 is 1.30 bits per heavy atom. The van der Waals surface area contributed by atoms with E-state index in [0.717, 1.165) is 0 Å². The van der Waals surface area contributed by atoms with E-state index < -0.39 is 21.5 Å². The summed E-state index contributed by atoms with van der Waals surface area (Å²) >= 11 is 0. The van der Waals surface area contributed by atoms with Crippen molar-refractivity contribution < 1.29 is 13.2 Å². The Hall–Kier alpha value is -1.56. The maximum atomic E-state index is 12.2. The Morgan fingerprint density at radius 2 is 1.90 bits per heavy atom. The maximum absolute atomic E-state index is 12.2. The second kappa shape index (κ2) is 6.26. The molecule has 0 saturated carbocycles. The van der Waals surface area contributed by atoms with Crippen molar-refractivity contribution in [3.63, 3.8) is 0 Å². The summed E-state index contributed by atoms with van der Waals surface area (Å²) < 4.78 is 24.5. The summed E-state index contributed by atoms with van der Waals surface area (Å²) in [4.78, 5) is 11.8. The number of carbonyl (C=O) groups excluding carboxylic acids is 1. The molecule has 6 heteroatoms. The molecule has 5 nitrogen and oxygen atoms in total. The van der Waals surface area contributed by atoms with Gasteiger partial charge in [-0.15, -0.1) is 0 Å². The third-order valence-corrected chi connectivity index (χ3v) is 5.00. The van der Waals surface area contributed by atoms with Crippen molar-refractivity contribution in [1.82, 2.24) is 5.32 Å². The van der Waals surface area contributed by atoms with Crippen LogP contribution in [-0.4, -0.2) is 26.1 Å². The molecule has 1 aromatic carbocycles. The minimum Gasteiger partial charge on any atom is -0.397 e. The van der Waals surface area contributed by atoms with Crippen LogP contribution in [0.2, 0.25) is 0 Å². The number of para-hydroxylation sites is 1. The first-order valence-corrected chi connectivity index (χ1v) is 8.17. The van der Waals surface area contributed by atoms with Gasteiger partial charge >= 0.3 is 0 Å². The highest BCUT2D eigenvalue weighted by molar-refractivity contribution is 7.92. The molecule has 1 aromatic rings. The Kier molecular flexibility index (Phi) is 5.16. The second-order valence-corrected chi connectivity index (χ2v) is 7.30. The van der Waals surface area contributed by atoms with Gasteiger partial charge in [0.1, 0.15) is 5.75 Å². The van der Waals surface area contributed by atoms with E-state index in [-0.39, 0.29) is 22.5 Å². The van der Waals surface area contributed by atoms with Crippen molar-refractivity contribution in [1.29, 1.82) is 0 Å². The zero-order valence-corrected chi connectivity index (χ0v) is 13.1. The number of aryl methyl sites for hydroxylation is 1. The summed E-state index contributed by atoms with van der Waals surface area (Å²) in [6, 6.07) is 4.70. The number of amides is 1. The van der Waals surface area contributed by atoms with Crippen LogP contribution in [0.1, 0.15) is 26.3 Å². The van der Waals surface area contributed by atoms with E-state index in [9.17, 15) is 13.2 Å². The summed E-state index contributed by atoms with van der Waals surface area (Å²) in [5, 5.41) is 2.68. The van der Waals surface area contributed by atoms with Gasteiger partial charge in [0.05, 0.1) is 10.6 Å². The molecular weight excluding hydrogens is 276 g/mol. The third kappa shape index (κ3) is 3.96. The largest absolute Gasteiger partial charge is 0.397 e. The molecule has 1 amide bonds. The summed E-state index contributed by atoms with van der Waals surface area (Å²) in [6.07, 6.45) is 0. The van der Waals surface area contributed by atoms with Crippen LogP contribution in [0.4, 0.5) is 5.69 Å². The molecule has 0 bridgehead atoms. The predicted octanol–water partition coefficient (Wildman–Crippen LogP) is 1.51. The fourth-order valence-electron chi connectivity index (χ4n) is 1.64. The molecule has 0 saturated heterocycles. The molecule has 20 heavy (non-hydrogen) atoms. The first-order chi connectivity index (χ1) is 9.15. The number of anilines is 1. The first kappa shape index (κ1) is 16.5. The first-order valence-electron chi connectivity index (χ1n) is 6.52. The van der Waals surface area contributed by atoms with Crippen molar-refractivity contribution in [3.8, 4) is 0 Å². The fourth-order valence-corrected chi connectivity index (χ4v) is 3.00. The van der Waals surface area contributed by atoms with Gasteiger partial charge in [-0.2, -0.15) is 0 Å². The number of sulfone groups is 1. The molecule has 0 heterocycles. The summed E-state index contributed by atoms with van der Waals surface area (Å²) in [5.41, 5.74) is 6.67. The van der Waals surface area contributed by atoms with Crippen molar-refractivity contribution in [2.45, 2.75) is 38.6 Å². The highest BCUT2D eigenvalue weighted by atomic mass is 32.2. The molecule has 1 rings (SSSR count). The monoisotopic (exact) mass is 298 g/mol. The summed E-state index contributed by atoms with van der Waals surface area (Å²) in [5.74, 6) is -0.852. The number of rotatable bonds is 5. The Labute approximate surface area is 120 Å². The van der Waals surface area contributed by atoms with Crippen LogP contribution in [0.25, 0.3) is 0 Å². The van der Waals surface area contributed by atoms with E-state index in [0.29, 0.717) is 5.56 Å². The van der Waals surface area contributed by atoms with Crippen LogP contribution in [-0.2, 0) is 14.6 Å². The SMILES string of the molecule is Cc1cccc(S(=O)(=O)CC(=O)NC(C)C(C)C)c1N. The van der Waals surface area contributed by atoms with Gasteiger partial charge in [0.25, 0.3) is 0 Å². The quantitative estimate of drug-likeness (QED) is 0.806. The molecule has 0 radical (unpaired) electrons. The number of carbonyl (C=O) groups is 1. The van der Waals surface area contributed by atoms with Crippen LogP contribution in [0.5, 0.6) is 0 Å². The molecule has 0 aliphatic heterocycles. The van der Waals surface area contributed by atoms with E-state index in [1.54, 1.807) is 19.1 Å². The standard InChI is InChI=1S/C14H22N2O3S/c1-9(2)11(4)16-13(17)8-20(18,19)12-7-5-6-10(3)14(12)15/h5-7,9,11H,8,15H2,1-4H3,(H,16,17). The van der Waals surface area contributed by atoms with Crippen LogP contribution in [0.3, 0.4) is 0 Å². The molecule has 3 N–H and O–H groups in total. The molecule has 0 aromatic heterocycles. The normalized spacial score (nSPS) is 13.2. The Morgan fingerprint density at radius 3 is 2.45 bits per heavy atom. The highest BCUT2D eigenvalue weighted by Gasteiger charge is 2.23. The lowest BCUT2D eigenvalue weighted by molar-refractivity contribution is -0.119. The van der Waals surface area contributed by atoms with Gasteiger partial charge in [-0.1, -0.05) is 26.0 Å². The Balaban J connectivity index is 2.91. The average Bonchev–Trinajstić information content (AvgIpc) is 2.31. The smallest absolute Gasteiger partial charge is 0.235 e. The lowest BCUT2D eigenvalue weighted by Crippen LogP contribution is -2.39. The Bertz CT molecular complexity index is 594. The van der Waals surface area contributed by atoms with Gasteiger partial charge in [-0.3, -0.25) is 4.79 Å².